The highest BCUT2D eigenvalue weighted by Crippen LogP contribution is 1.95. The molecule has 0 saturated heterocycles. The van der Waals surface area contributed by atoms with Crippen molar-refractivity contribution in [1.29, 1.82) is 0 Å². The van der Waals surface area contributed by atoms with Gasteiger partial charge in [-0.2, -0.15) is 5.10 Å². The van der Waals surface area contributed by atoms with Crippen LogP contribution in [0.4, 0.5) is 0 Å². The lowest BCUT2D eigenvalue weighted by atomic mass is 10.4. The number of allylic oxidation sites excluding steroid dienone is 1. The number of nitrogens with zero attached hydrogens (tertiary/aromatic N) is 3. The lowest BCUT2D eigenvalue weighted by Crippen LogP contribution is -2.07. The molecule has 1 rings (SSSR count). The van der Waals surface area contributed by atoms with Gasteiger partial charge in [0.25, 0.3) is 0 Å². The van der Waals surface area contributed by atoms with Crippen LogP contribution in [0.3, 0.4) is 0 Å². The maximum absolute atomic E-state index is 4.26. The van der Waals surface area contributed by atoms with Gasteiger partial charge in [-0.1, -0.05) is 33.3 Å². The van der Waals surface area contributed by atoms with Gasteiger partial charge in [-0.15, -0.1) is 0 Å². The molecule has 0 aliphatic rings. The third kappa shape index (κ3) is 8.43. The summed E-state index contributed by atoms with van der Waals surface area (Å²) in [6.45, 7) is 15.9. The lowest BCUT2D eigenvalue weighted by Gasteiger charge is -1.97. The molecule has 98 valence electrons. The van der Waals surface area contributed by atoms with Crippen molar-refractivity contribution in [3.05, 3.63) is 29.7 Å². The summed E-state index contributed by atoms with van der Waals surface area (Å²) in [5.41, 5.74) is 2.19. The Kier molecular flexibility index (Phi) is 11.8. The van der Waals surface area contributed by atoms with E-state index in [4.69, 9.17) is 0 Å². The number of hydrogen-bond donors (Lipinski definition) is 0. The molecule has 1 heterocycles. The second kappa shape index (κ2) is 11.1. The van der Waals surface area contributed by atoms with Gasteiger partial charge in [-0.3, -0.25) is 0 Å². The number of aliphatic imine (C=N–C) groups is 1. The van der Waals surface area contributed by atoms with Crippen LogP contribution < -0.4 is 0 Å². The van der Waals surface area contributed by atoms with Crippen LogP contribution in [0.2, 0.25) is 0 Å². The second-order valence-corrected chi connectivity index (χ2v) is 3.28. The highest BCUT2D eigenvalue weighted by atomic mass is 15.3. The Morgan fingerprint density at radius 3 is 2.06 bits per heavy atom. The van der Waals surface area contributed by atoms with Gasteiger partial charge in [0.1, 0.15) is 5.84 Å². The van der Waals surface area contributed by atoms with E-state index >= 15 is 0 Å². The molecule has 1 aromatic heterocycles. The molecule has 0 aliphatic carbocycles. The van der Waals surface area contributed by atoms with Crippen molar-refractivity contribution in [3.8, 4) is 0 Å². The van der Waals surface area contributed by atoms with Crippen molar-refractivity contribution in [2.45, 2.75) is 55.4 Å². The van der Waals surface area contributed by atoms with Crippen molar-refractivity contribution in [3.63, 3.8) is 0 Å². The first-order valence-corrected chi connectivity index (χ1v) is 6.30. The van der Waals surface area contributed by atoms with E-state index < -0.39 is 0 Å². The van der Waals surface area contributed by atoms with E-state index in [1.54, 1.807) is 4.68 Å². The summed E-state index contributed by atoms with van der Waals surface area (Å²) in [5, 5.41) is 4.25. The average molecular weight is 237 g/mol. The molecule has 0 radical (unpaired) electrons. The van der Waals surface area contributed by atoms with E-state index in [2.05, 4.69) is 10.1 Å². The van der Waals surface area contributed by atoms with Crippen LogP contribution in [0, 0.1) is 6.92 Å². The standard InChI is InChI=1S/C10H15N3.2C2H6/c1-8(2)7-11-10(4)13-6-5-9(3)12-13;2*1-2/h5-7H,1-4H3;2*1-2H3. The molecule has 0 N–H and O–H groups in total. The van der Waals surface area contributed by atoms with E-state index in [1.807, 2.05) is 73.9 Å². The van der Waals surface area contributed by atoms with Crippen molar-refractivity contribution in [2.75, 3.05) is 0 Å². The highest BCUT2D eigenvalue weighted by Gasteiger charge is 1.95. The Morgan fingerprint density at radius 1 is 1.18 bits per heavy atom. The van der Waals surface area contributed by atoms with Gasteiger partial charge in [0.15, 0.2) is 0 Å². The smallest absolute Gasteiger partial charge is 0.126 e. The molecule has 0 amide bonds. The monoisotopic (exact) mass is 237 g/mol. The van der Waals surface area contributed by atoms with Gasteiger partial charge < -0.3 is 0 Å². The van der Waals surface area contributed by atoms with Crippen molar-refractivity contribution < 1.29 is 0 Å². The first-order valence-electron chi connectivity index (χ1n) is 6.30. The van der Waals surface area contributed by atoms with Crippen LogP contribution in [-0.4, -0.2) is 15.6 Å². The molecule has 0 aliphatic heterocycles. The summed E-state index contributed by atoms with van der Waals surface area (Å²) in [7, 11) is 0. The fraction of sp³-hybridized carbons (Fsp3) is 0.571. The van der Waals surface area contributed by atoms with Crippen molar-refractivity contribution in [1.82, 2.24) is 9.78 Å². The molecule has 0 spiro atoms. The third-order valence-corrected chi connectivity index (χ3v) is 1.56. The molecular formula is C14H27N3. The molecule has 0 unspecified atom stereocenters. The second-order valence-electron chi connectivity index (χ2n) is 3.28. The Bertz CT molecular complexity index is 342. The van der Waals surface area contributed by atoms with Crippen LogP contribution in [0.25, 0.3) is 0 Å². The Labute approximate surface area is 106 Å². The lowest BCUT2D eigenvalue weighted by molar-refractivity contribution is 0.904. The average Bonchev–Trinajstić information content (AvgIpc) is 2.78. The van der Waals surface area contributed by atoms with Crippen LogP contribution in [0.5, 0.6) is 0 Å². The Morgan fingerprint density at radius 2 is 1.71 bits per heavy atom. The number of aromatic nitrogens is 2. The molecule has 3 nitrogen and oxygen atoms in total. The summed E-state index contributed by atoms with van der Waals surface area (Å²) in [6.07, 6.45) is 3.75. The molecule has 0 fully saturated rings. The van der Waals surface area contributed by atoms with E-state index in [0.717, 1.165) is 11.5 Å². The van der Waals surface area contributed by atoms with Crippen LogP contribution in [0.1, 0.15) is 54.2 Å². The first kappa shape index (κ1) is 18.0. The zero-order valence-corrected chi connectivity index (χ0v) is 12.6. The Balaban J connectivity index is 0. The fourth-order valence-electron chi connectivity index (χ4n) is 0.877. The summed E-state index contributed by atoms with van der Waals surface area (Å²) < 4.78 is 1.77. The normalized spacial score (nSPS) is 9.53. The number of rotatable bonds is 1. The molecular weight excluding hydrogens is 210 g/mol. The topological polar surface area (TPSA) is 30.2 Å². The van der Waals surface area contributed by atoms with E-state index in [1.165, 1.54) is 5.57 Å². The molecule has 0 saturated carbocycles. The molecule has 1 aromatic rings. The van der Waals surface area contributed by atoms with E-state index in [9.17, 15) is 0 Å². The number of aryl methyl sites for hydroxylation is 1. The van der Waals surface area contributed by atoms with Gasteiger partial charge in [0.05, 0.1) is 5.69 Å². The van der Waals surface area contributed by atoms with E-state index in [0.29, 0.717) is 0 Å². The van der Waals surface area contributed by atoms with Crippen molar-refractivity contribution in [2.24, 2.45) is 4.99 Å². The predicted molar refractivity (Wildman–Crippen MR) is 77.6 cm³/mol. The first-order chi connectivity index (χ1) is 8.09. The zero-order chi connectivity index (χ0) is 13.8. The predicted octanol–water partition coefficient (Wildman–Crippen LogP) is 4.43. The minimum Gasteiger partial charge on any atom is -0.242 e. The van der Waals surface area contributed by atoms with Crippen LogP contribution in [-0.2, 0) is 0 Å². The fourth-order valence-corrected chi connectivity index (χ4v) is 0.877. The zero-order valence-electron chi connectivity index (χ0n) is 12.6. The maximum Gasteiger partial charge on any atom is 0.126 e. The minimum absolute atomic E-state index is 0.884. The molecule has 3 heteroatoms. The summed E-state index contributed by atoms with van der Waals surface area (Å²) in [6, 6.07) is 1.96. The van der Waals surface area contributed by atoms with E-state index in [-0.39, 0.29) is 0 Å². The molecule has 0 atom stereocenters. The summed E-state index contributed by atoms with van der Waals surface area (Å²) >= 11 is 0. The van der Waals surface area contributed by atoms with Gasteiger partial charge in [-0.25, -0.2) is 9.67 Å². The quantitative estimate of drug-likeness (QED) is 0.525. The van der Waals surface area contributed by atoms with Gasteiger partial charge in [0, 0.05) is 12.4 Å². The minimum atomic E-state index is 0.884. The molecule has 0 aromatic carbocycles. The highest BCUT2D eigenvalue weighted by molar-refractivity contribution is 5.81. The van der Waals surface area contributed by atoms with Crippen molar-refractivity contribution >= 4 is 5.84 Å². The van der Waals surface area contributed by atoms with Gasteiger partial charge >= 0.3 is 0 Å². The van der Waals surface area contributed by atoms with Gasteiger partial charge in [-0.05, 0) is 33.8 Å². The molecule has 17 heavy (non-hydrogen) atoms. The Hall–Kier alpha value is -1.38. The summed E-state index contributed by atoms with van der Waals surface area (Å²) in [4.78, 5) is 4.26. The SMILES string of the molecule is CC.CC.CC(C)=CN=C(C)n1ccc(C)n1. The largest absolute Gasteiger partial charge is 0.242 e. The number of hydrogen-bond acceptors (Lipinski definition) is 2. The van der Waals surface area contributed by atoms with Gasteiger partial charge in [0.2, 0.25) is 0 Å². The maximum atomic E-state index is 4.26. The summed E-state index contributed by atoms with van der Waals surface area (Å²) in [5.74, 6) is 0.884. The molecule has 0 bridgehead atoms. The third-order valence-electron chi connectivity index (χ3n) is 1.56. The van der Waals surface area contributed by atoms with Crippen LogP contribution >= 0.6 is 0 Å². The van der Waals surface area contributed by atoms with Crippen LogP contribution in [0.15, 0.2) is 29.0 Å².